The van der Waals surface area contributed by atoms with E-state index in [1.54, 1.807) is 48.5 Å². The first-order valence-corrected chi connectivity index (χ1v) is 15.1. The fourth-order valence-electron chi connectivity index (χ4n) is 4.67. The van der Waals surface area contributed by atoms with Gasteiger partial charge >= 0.3 is 23.9 Å². The number of unbranched alkanes of at least 4 members (excludes halogenated alkanes) is 2. The third-order valence-corrected chi connectivity index (χ3v) is 7.10. The van der Waals surface area contributed by atoms with Crippen molar-refractivity contribution in [2.45, 2.75) is 50.1 Å². The van der Waals surface area contributed by atoms with Crippen molar-refractivity contribution in [1.29, 1.82) is 0 Å². The van der Waals surface area contributed by atoms with Crippen LogP contribution in [-0.2, 0) is 38.0 Å². The van der Waals surface area contributed by atoms with Gasteiger partial charge in [-0.3, -0.25) is 0 Å². The summed E-state index contributed by atoms with van der Waals surface area (Å²) in [7, 11) is 0. The summed E-state index contributed by atoms with van der Waals surface area (Å²) in [6.07, 6.45) is 2.50. The van der Waals surface area contributed by atoms with Gasteiger partial charge in [0.2, 0.25) is 0 Å². The lowest BCUT2D eigenvalue weighted by Crippen LogP contribution is -2.36. The maximum Gasteiger partial charge on any atom is 0.338 e. The second kappa shape index (κ2) is 17.7. The summed E-state index contributed by atoms with van der Waals surface area (Å²) >= 11 is 0. The first kappa shape index (κ1) is 34.2. The zero-order chi connectivity index (χ0) is 32.7. The minimum Gasteiger partial charge on any atom is -0.494 e. The van der Waals surface area contributed by atoms with E-state index in [1.807, 2.05) is 0 Å². The third-order valence-electron chi connectivity index (χ3n) is 7.10. The number of hydrogen-bond acceptors (Lipinski definition) is 12. The van der Waals surface area contributed by atoms with Crippen LogP contribution >= 0.6 is 0 Å². The van der Waals surface area contributed by atoms with Gasteiger partial charge in [0.1, 0.15) is 23.7 Å². The third kappa shape index (κ3) is 10.2. The van der Waals surface area contributed by atoms with Gasteiger partial charge in [-0.25, -0.2) is 19.2 Å². The smallest absolute Gasteiger partial charge is 0.338 e. The number of hydrogen-bond donors (Lipinski definition) is 0. The number of fused-ring (bicyclic) bond motifs is 1. The number of ether oxygens (including phenoxy) is 8. The average Bonchev–Trinajstić information content (AvgIpc) is 3.67. The molecule has 2 heterocycles. The molecule has 2 aromatic carbocycles. The molecule has 4 atom stereocenters. The Balaban J connectivity index is 1.15. The Labute approximate surface area is 267 Å². The summed E-state index contributed by atoms with van der Waals surface area (Å²) < 4.78 is 44.1. The molecule has 0 bridgehead atoms. The predicted octanol–water partition coefficient (Wildman–Crippen LogP) is 4.01. The lowest BCUT2D eigenvalue weighted by atomic mass is 10.1. The second-order valence-electron chi connectivity index (χ2n) is 10.4. The molecule has 0 saturated carbocycles. The molecule has 12 heteroatoms. The molecule has 4 rings (SSSR count). The van der Waals surface area contributed by atoms with E-state index in [-0.39, 0.29) is 13.2 Å². The highest BCUT2D eigenvalue weighted by Crippen LogP contribution is 2.31. The van der Waals surface area contributed by atoms with Crippen LogP contribution < -0.4 is 9.47 Å². The van der Waals surface area contributed by atoms with Crippen LogP contribution in [0.1, 0.15) is 46.4 Å². The van der Waals surface area contributed by atoms with Gasteiger partial charge in [-0.15, -0.1) is 0 Å². The standard InChI is InChI=1S/C34H38O12/c1-3-29(35)41-19-7-5-17-39-25-13-9-23(10-14-25)33(37)45-27-21-43-32-28(22-44-31(27)32)46-34(38)24-11-15-26(16-12-24)40-18-6-8-20-42-30(36)4-2/h3-4,9-16,27-28,31-32H,1-2,5-8,17-22H2/t27-,28?,31?,32?/m0/s1. The predicted molar refractivity (Wildman–Crippen MR) is 163 cm³/mol. The van der Waals surface area contributed by atoms with Gasteiger partial charge in [-0.2, -0.15) is 0 Å². The molecule has 2 aromatic rings. The first-order valence-electron chi connectivity index (χ1n) is 15.1. The molecule has 46 heavy (non-hydrogen) atoms. The number of esters is 4. The lowest BCUT2D eigenvalue weighted by molar-refractivity contribution is -0.138. The van der Waals surface area contributed by atoms with E-state index in [4.69, 9.17) is 37.9 Å². The van der Waals surface area contributed by atoms with Crippen molar-refractivity contribution in [3.63, 3.8) is 0 Å². The fourth-order valence-corrected chi connectivity index (χ4v) is 4.67. The van der Waals surface area contributed by atoms with Crippen molar-refractivity contribution in [3.05, 3.63) is 85.0 Å². The Bertz CT molecular complexity index is 1230. The van der Waals surface area contributed by atoms with Crippen LogP contribution in [-0.4, -0.2) is 87.9 Å². The molecule has 0 spiro atoms. The van der Waals surface area contributed by atoms with E-state index in [0.717, 1.165) is 12.2 Å². The van der Waals surface area contributed by atoms with Crippen LogP contribution in [0.5, 0.6) is 11.5 Å². The zero-order valence-electron chi connectivity index (χ0n) is 25.5. The van der Waals surface area contributed by atoms with Gasteiger partial charge in [0.05, 0.1) is 50.8 Å². The summed E-state index contributed by atoms with van der Waals surface area (Å²) in [6, 6.07) is 13.1. The van der Waals surface area contributed by atoms with Gasteiger partial charge in [0, 0.05) is 12.2 Å². The molecule has 0 N–H and O–H groups in total. The zero-order valence-corrected chi connectivity index (χ0v) is 25.5. The van der Waals surface area contributed by atoms with Crippen molar-refractivity contribution in [3.8, 4) is 11.5 Å². The largest absolute Gasteiger partial charge is 0.494 e. The summed E-state index contributed by atoms with van der Waals surface area (Å²) in [5, 5.41) is 0. The molecule has 2 aliphatic heterocycles. The molecule has 12 nitrogen and oxygen atoms in total. The Kier molecular flexibility index (Phi) is 13.2. The lowest BCUT2D eigenvalue weighted by Gasteiger charge is -2.17. The van der Waals surface area contributed by atoms with E-state index < -0.39 is 48.3 Å². The van der Waals surface area contributed by atoms with E-state index in [2.05, 4.69) is 13.2 Å². The first-order chi connectivity index (χ1) is 22.4. The minimum absolute atomic E-state index is 0.112. The van der Waals surface area contributed by atoms with Crippen LogP contribution in [0.3, 0.4) is 0 Å². The Morgan fingerprint density at radius 1 is 0.609 bits per heavy atom. The summed E-state index contributed by atoms with van der Waals surface area (Å²) in [4.78, 5) is 47.6. The number of carbonyl (C=O) groups is 4. The highest BCUT2D eigenvalue weighted by Gasteiger charge is 2.51. The highest BCUT2D eigenvalue weighted by atomic mass is 16.7. The molecular formula is C34H38O12. The maximum absolute atomic E-state index is 12.8. The van der Waals surface area contributed by atoms with Crippen LogP contribution in [0.25, 0.3) is 0 Å². The van der Waals surface area contributed by atoms with Gasteiger partial charge < -0.3 is 37.9 Å². The molecule has 0 radical (unpaired) electrons. The summed E-state index contributed by atoms with van der Waals surface area (Å²) in [6.45, 7) is 8.36. The van der Waals surface area contributed by atoms with Gasteiger partial charge in [0.25, 0.3) is 0 Å². The van der Waals surface area contributed by atoms with E-state index in [0.29, 0.717) is 74.7 Å². The molecule has 3 unspecified atom stereocenters. The van der Waals surface area contributed by atoms with Crippen molar-refractivity contribution < 1.29 is 57.1 Å². The van der Waals surface area contributed by atoms with Crippen molar-refractivity contribution in [1.82, 2.24) is 0 Å². The van der Waals surface area contributed by atoms with Crippen LogP contribution in [0.15, 0.2) is 73.8 Å². The topological polar surface area (TPSA) is 142 Å². The molecule has 0 aromatic heterocycles. The van der Waals surface area contributed by atoms with Crippen molar-refractivity contribution >= 4 is 23.9 Å². The molecule has 246 valence electrons. The molecule has 0 aliphatic carbocycles. The molecule has 0 amide bonds. The van der Waals surface area contributed by atoms with Crippen molar-refractivity contribution in [2.24, 2.45) is 0 Å². The van der Waals surface area contributed by atoms with Crippen LogP contribution in [0, 0.1) is 0 Å². The van der Waals surface area contributed by atoms with Crippen molar-refractivity contribution in [2.75, 3.05) is 39.6 Å². The Morgan fingerprint density at radius 3 is 1.35 bits per heavy atom. The minimum atomic E-state index is -0.655. The molecule has 2 fully saturated rings. The summed E-state index contributed by atoms with van der Waals surface area (Å²) in [5.41, 5.74) is 0.684. The van der Waals surface area contributed by atoms with E-state index in [1.165, 1.54) is 0 Å². The normalized spacial score (nSPS) is 19.7. The van der Waals surface area contributed by atoms with Gasteiger partial charge in [-0.05, 0) is 74.2 Å². The van der Waals surface area contributed by atoms with E-state index >= 15 is 0 Å². The number of benzene rings is 2. The second-order valence-corrected chi connectivity index (χ2v) is 10.4. The number of carbonyl (C=O) groups excluding carboxylic acids is 4. The monoisotopic (exact) mass is 638 g/mol. The summed E-state index contributed by atoms with van der Waals surface area (Å²) in [5.74, 6) is -0.787. The fraction of sp³-hybridized carbons (Fsp3) is 0.412. The SMILES string of the molecule is C=CC(=O)OCCCCOc1ccc(C(=O)OC2COC3C2OC[C@@H]3OC(=O)c2ccc(OCCCCOC(=O)C=C)cc2)cc1. The molecule has 2 aliphatic rings. The molecular weight excluding hydrogens is 600 g/mol. The molecule has 2 saturated heterocycles. The maximum atomic E-state index is 12.8. The van der Waals surface area contributed by atoms with Crippen LogP contribution in [0.2, 0.25) is 0 Å². The van der Waals surface area contributed by atoms with Gasteiger partial charge in [-0.1, -0.05) is 13.2 Å². The number of rotatable bonds is 18. The van der Waals surface area contributed by atoms with Gasteiger partial charge in [0.15, 0.2) is 12.2 Å². The van der Waals surface area contributed by atoms with E-state index in [9.17, 15) is 19.2 Å². The quantitative estimate of drug-likeness (QED) is 0.101. The Morgan fingerprint density at radius 2 is 0.978 bits per heavy atom. The average molecular weight is 639 g/mol. The Hall–Kier alpha value is -4.68. The highest BCUT2D eigenvalue weighted by molar-refractivity contribution is 5.90. The van der Waals surface area contributed by atoms with Crippen LogP contribution in [0.4, 0.5) is 0 Å².